The summed E-state index contributed by atoms with van der Waals surface area (Å²) < 4.78 is 0. The molecule has 0 bridgehead atoms. The van der Waals surface area contributed by atoms with E-state index in [1.54, 1.807) is 12.1 Å². The summed E-state index contributed by atoms with van der Waals surface area (Å²) >= 11 is 12.3. The summed E-state index contributed by atoms with van der Waals surface area (Å²) in [6, 6.07) is 7.28. The molecule has 0 aliphatic carbocycles. The molecule has 0 radical (unpaired) electrons. The highest BCUT2D eigenvalue weighted by atomic mass is 35.5. The molecule has 4 nitrogen and oxygen atoms in total. The highest BCUT2D eigenvalue weighted by molar-refractivity contribution is 6.36. The Labute approximate surface area is 128 Å². The fourth-order valence-corrected chi connectivity index (χ4v) is 2.48. The average Bonchev–Trinajstić information content (AvgIpc) is 2.43. The maximum atomic E-state index is 6.17. The second-order valence-corrected chi connectivity index (χ2v) is 5.25. The van der Waals surface area contributed by atoms with Crippen LogP contribution in [0, 0.1) is 0 Å². The number of hydrogen-bond acceptors (Lipinski definition) is 4. The molecule has 1 aromatic heterocycles. The van der Waals surface area contributed by atoms with Crippen molar-refractivity contribution in [2.75, 3.05) is 5.43 Å². The van der Waals surface area contributed by atoms with E-state index in [0.29, 0.717) is 28.1 Å². The van der Waals surface area contributed by atoms with E-state index in [-0.39, 0.29) is 0 Å². The fraction of sp³-hybridized carbons (Fsp3) is 0.286. The molecule has 0 fully saturated rings. The van der Waals surface area contributed by atoms with Crippen LogP contribution in [0.3, 0.4) is 0 Å². The van der Waals surface area contributed by atoms with Gasteiger partial charge in [0, 0.05) is 28.2 Å². The molecule has 2 aromatic rings. The van der Waals surface area contributed by atoms with E-state index in [1.807, 2.05) is 12.1 Å². The number of aromatic nitrogens is 2. The highest BCUT2D eigenvalue weighted by Gasteiger charge is 2.10. The van der Waals surface area contributed by atoms with Crippen molar-refractivity contribution in [2.45, 2.75) is 26.2 Å². The Morgan fingerprint density at radius 2 is 1.90 bits per heavy atom. The van der Waals surface area contributed by atoms with Crippen LogP contribution in [0.25, 0.3) is 0 Å². The SMILES string of the molecule is CCCc1cc(NN)nc(Cc2c(Cl)cccc2Cl)n1. The number of anilines is 1. The molecule has 1 heterocycles. The van der Waals surface area contributed by atoms with Crippen LogP contribution in [0.2, 0.25) is 10.0 Å². The van der Waals surface area contributed by atoms with Gasteiger partial charge in [-0.15, -0.1) is 0 Å². The van der Waals surface area contributed by atoms with Crippen LogP contribution in [0.4, 0.5) is 5.82 Å². The number of hydrazine groups is 1. The van der Waals surface area contributed by atoms with Gasteiger partial charge in [-0.2, -0.15) is 0 Å². The molecule has 0 saturated heterocycles. The number of aryl methyl sites for hydroxylation is 1. The first kappa shape index (κ1) is 15.0. The van der Waals surface area contributed by atoms with Crippen molar-refractivity contribution in [1.82, 2.24) is 9.97 Å². The van der Waals surface area contributed by atoms with E-state index in [9.17, 15) is 0 Å². The standard InChI is InChI=1S/C14H16Cl2N4/c1-2-4-9-7-14(20-17)19-13(18-9)8-10-11(15)5-3-6-12(10)16/h3,5-7H,2,4,8,17H2,1H3,(H,18,19,20). The van der Waals surface area contributed by atoms with E-state index >= 15 is 0 Å². The van der Waals surface area contributed by atoms with Gasteiger partial charge < -0.3 is 5.43 Å². The predicted molar refractivity (Wildman–Crippen MR) is 83.1 cm³/mol. The van der Waals surface area contributed by atoms with Crippen LogP contribution in [-0.4, -0.2) is 9.97 Å². The normalized spacial score (nSPS) is 10.6. The van der Waals surface area contributed by atoms with Crippen molar-refractivity contribution in [2.24, 2.45) is 5.84 Å². The molecule has 6 heteroatoms. The Bertz CT molecular complexity index is 581. The van der Waals surface area contributed by atoms with Crippen molar-refractivity contribution in [3.63, 3.8) is 0 Å². The Morgan fingerprint density at radius 3 is 2.50 bits per heavy atom. The lowest BCUT2D eigenvalue weighted by molar-refractivity contribution is 0.842. The van der Waals surface area contributed by atoms with Gasteiger partial charge in [-0.25, -0.2) is 15.8 Å². The molecule has 20 heavy (non-hydrogen) atoms. The quantitative estimate of drug-likeness (QED) is 0.654. The number of nitrogens with zero attached hydrogens (tertiary/aromatic N) is 2. The molecule has 0 aliphatic rings. The lowest BCUT2D eigenvalue weighted by atomic mass is 10.1. The molecule has 0 saturated carbocycles. The third-order valence-electron chi connectivity index (χ3n) is 2.88. The van der Waals surface area contributed by atoms with Gasteiger partial charge >= 0.3 is 0 Å². The molecular weight excluding hydrogens is 295 g/mol. The third-order valence-corrected chi connectivity index (χ3v) is 3.58. The van der Waals surface area contributed by atoms with Crippen molar-refractivity contribution in [1.29, 1.82) is 0 Å². The van der Waals surface area contributed by atoms with Gasteiger partial charge in [-0.05, 0) is 24.1 Å². The largest absolute Gasteiger partial charge is 0.308 e. The van der Waals surface area contributed by atoms with Crippen molar-refractivity contribution in [3.8, 4) is 0 Å². The van der Waals surface area contributed by atoms with Crippen molar-refractivity contribution < 1.29 is 0 Å². The van der Waals surface area contributed by atoms with Gasteiger partial charge in [0.2, 0.25) is 0 Å². The molecule has 1 aromatic carbocycles. The van der Waals surface area contributed by atoms with Crippen LogP contribution >= 0.6 is 23.2 Å². The van der Waals surface area contributed by atoms with Gasteiger partial charge in [-0.1, -0.05) is 42.6 Å². The van der Waals surface area contributed by atoms with Gasteiger partial charge in [0.1, 0.15) is 11.6 Å². The Morgan fingerprint density at radius 1 is 1.20 bits per heavy atom. The number of rotatable bonds is 5. The predicted octanol–water partition coefficient (Wildman–Crippen LogP) is 3.61. The number of nitrogens with two attached hydrogens (primary N) is 1. The first-order chi connectivity index (χ1) is 9.63. The summed E-state index contributed by atoms with van der Waals surface area (Å²) in [6.45, 7) is 2.10. The number of hydrogen-bond donors (Lipinski definition) is 2. The van der Waals surface area contributed by atoms with Crippen molar-refractivity contribution in [3.05, 3.63) is 51.4 Å². The third kappa shape index (κ3) is 3.60. The molecule has 0 aliphatic heterocycles. The molecule has 0 spiro atoms. The van der Waals surface area contributed by atoms with Crippen molar-refractivity contribution >= 4 is 29.0 Å². The van der Waals surface area contributed by atoms with Crippen LogP contribution in [-0.2, 0) is 12.8 Å². The second-order valence-electron chi connectivity index (χ2n) is 4.43. The summed E-state index contributed by atoms with van der Waals surface area (Å²) in [5, 5.41) is 1.23. The van der Waals surface area contributed by atoms with Crippen LogP contribution in [0.1, 0.15) is 30.4 Å². The lowest BCUT2D eigenvalue weighted by Crippen LogP contribution is -2.12. The summed E-state index contributed by atoms with van der Waals surface area (Å²) in [7, 11) is 0. The minimum atomic E-state index is 0.477. The number of benzene rings is 1. The molecular formula is C14H16Cl2N4. The van der Waals surface area contributed by atoms with E-state index < -0.39 is 0 Å². The monoisotopic (exact) mass is 310 g/mol. The maximum absolute atomic E-state index is 6.17. The van der Waals surface area contributed by atoms with Crippen LogP contribution in [0.15, 0.2) is 24.3 Å². The van der Waals surface area contributed by atoms with Crippen LogP contribution in [0.5, 0.6) is 0 Å². The zero-order valence-electron chi connectivity index (χ0n) is 11.2. The second kappa shape index (κ2) is 6.88. The average molecular weight is 311 g/mol. The van der Waals surface area contributed by atoms with Gasteiger partial charge in [0.25, 0.3) is 0 Å². The summed E-state index contributed by atoms with van der Waals surface area (Å²) in [6.07, 6.45) is 2.36. The molecule has 0 unspecified atom stereocenters. The highest BCUT2D eigenvalue weighted by Crippen LogP contribution is 2.26. The fourth-order valence-electron chi connectivity index (χ4n) is 1.95. The first-order valence-corrected chi connectivity index (χ1v) is 7.16. The molecule has 2 rings (SSSR count). The minimum absolute atomic E-state index is 0.477. The smallest absolute Gasteiger partial charge is 0.143 e. The summed E-state index contributed by atoms with van der Waals surface area (Å²) in [5.74, 6) is 6.70. The van der Waals surface area contributed by atoms with E-state index in [1.165, 1.54) is 0 Å². The Kier molecular flexibility index (Phi) is 5.17. The molecule has 0 amide bonds. The molecule has 0 atom stereocenters. The van der Waals surface area contributed by atoms with Gasteiger partial charge in [0.15, 0.2) is 0 Å². The van der Waals surface area contributed by atoms with E-state index in [0.717, 1.165) is 24.1 Å². The summed E-state index contributed by atoms with van der Waals surface area (Å²) in [4.78, 5) is 8.87. The first-order valence-electron chi connectivity index (χ1n) is 6.40. The number of halogens is 2. The minimum Gasteiger partial charge on any atom is -0.308 e. The number of nitrogen functional groups attached to an aromatic ring is 1. The Balaban J connectivity index is 2.35. The topological polar surface area (TPSA) is 63.8 Å². The van der Waals surface area contributed by atoms with Gasteiger partial charge in [0.05, 0.1) is 0 Å². The van der Waals surface area contributed by atoms with E-state index in [4.69, 9.17) is 29.0 Å². The maximum Gasteiger partial charge on any atom is 0.143 e. The molecule has 3 N–H and O–H groups in total. The lowest BCUT2D eigenvalue weighted by Gasteiger charge is -2.09. The van der Waals surface area contributed by atoms with Gasteiger partial charge in [-0.3, -0.25) is 0 Å². The van der Waals surface area contributed by atoms with E-state index in [2.05, 4.69) is 22.3 Å². The van der Waals surface area contributed by atoms with Crippen LogP contribution < -0.4 is 11.3 Å². The number of nitrogens with one attached hydrogen (secondary N) is 1. The Hall–Kier alpha value is -1.36. The molecule has 106 valence electrons. The summed E-state index contributed by atoms with van der Waals surface area (Å²) in [5.41, 5.74) is 4.34. The zero-order valence-corrected chi connectivity index (χ0v) is 12.7. The zero-order chi connectivity index (χ0) is 14.5.